The fourth-order valence-corrected chi connectivity index (χ4v) is 1.70. The van der Waals surface area contributed by atoms with E-state index in [1.807, 2.05) is 0 Å². The van der Waals surface area contributed by atoms with Crippen LogP contribution in [0, 0.1) is 5.92 Å². The highest BCUT2D eigenvalue weighted by Gasteiger charge is 2.23. The predicted molar refractivity (Wildman–Crippen MR) is 51.1 cm³/mol. The van der Waals surface area contributed by atoms with Crippen LogP contribution in [0.15, 0.2) is 0 Å². The van der Waals surface area contributed by atoms with E-state index in [9.17, 15) is 0 Å². The van der Waals surface area contributed by atoms with Crippen LogP contribution >= 0.6 is 0 Å². The van der Waals surface area contributed by atoms with Gasteiger partial charge in [0.1, 0.15) is 0 Å². The second-order valence-corrected chi connectivity index (χ2v) is 3.98. The minimum atomic E-state index is 0.341. The standard InChI is InChI=1S/C10H21NO/c1-3-9(8-12)7-11(2)10-5-4-6-10/h9-10,12H,3-8H2,1-2H3. The van der Waals surface area contributed by atoms with Crippen molar-refractivity contribution in [3.63, 3.8) is 0 Å². The van der Waals surface area contributed by atoms with Gasteiger partial charge in [-0.25, -0.2) is 0 Å². The molecule has 0 spiro atoms. The zero-order valence-corrected chi connectivity index (χ0v) is 8.29. The van der Waals surface area contributed by atoms with E-state index in [4.69, 9.17) is 5.11 Å². The average molecular weight is 171 g/mol. The molecule has 12 heavy (non-hydrogen) atoms. The van der Waals surface area contributed by atoms with Crippen LogP contribution in [0.5, 0.6) is 0 Å². The minimum absolute atomic E-state index is 0.341. The first-order chi connectivity index (χ1) is 5.77. The smallest absolute Gasteiger partial charge is 0.0471 e. The lowest BCUT2D eigenvalue weighted by Gasteiger charge is -2.36. The number of hydrogen-bond donors (Lipinski definition) is 1. The van der Waals surface area contributed by atoms with Crippen LogP contribution < -0.4 is 0 Å². The molecule has 0 bridgehead atoms. The molecule has 1 fully saturated rings. The molecule has 0 aromatic rings. The maximum absolute atomic E-state index is 9.02. The monoisotopic (exact) mass is 171 g/mol. The molecule has 0 amide bonds. The molecule has 1 rings (SSSR count). The summed E-state index contributed by atoms with van der Waals surface area (Å²) in [6, 6.07) is 0.811. The molecule has 0 saturated heterocycles. The van der Waals surface area contributed by atoms with Crippen molar-refractivity contribution >= 4 is 0 Å². The molecular weight excluding hydrogens is 150 g/mol. The maximum Gasteiger partial charge on any atom is 0.0471 e. The first kappa shape index (κ1) is 10.0. The number of nitrogens with zero attached hydrogens (tertiary/aromatic N) is 1. The van der Waals surface area contributed by atoms with E-state index in [-0.39, 0.29) is 0 Å². The van der Waals surface area contributed by atoms with Crippen molar-refractivity contribution in [1.82, 2.24) is 4.90 Å². The fourth-order valence-electron chi connectivity index (χ4n) is 1.70. The van der Waals surface area contributed by atoms with Crippen molar-refractivity contribution < 1.29 is 5.11 Å². The molecule has 1 saturated carbocycles. The molecule has 1 atom stereocenters. The van der Waals surface area contributed by atoms with E-state index >= 15 is 0 Å². The van der Waals surface area contributed by atoms with Crippen LogP contribution in [0.1, 0.15) is 32.6 Å². The number of aliphatic hydroxyl groups excluding tert-OH is 1. The lowest BCUT2D eigenvalue weighted by Crippen LogP contribution is -2.40. The Kier molecular flexibility index (Phi) is 4.02. The van der Waals surface area contributed by atoms with Gasteiger partial charge in [-0.15, -0.1) is 0 Å². The van der Waals surface area contributed by atoms with E-state index in [1.165, 1.54) is 19.3 Å². The van der Waals surface area contributed by atoms with Gasteiger partial charge in [-0.3, -0.25) is 0 Å². The summed E-state index contributed by atoms with van der Waals surface area (Å²) in [4.78, 5) is 2.41. The zero-order chi connectivity index (χ0) is 8.97. The highest BCUT2D eigenvalue weighted by molar-refractivity contribution is 4.78. The Balaban J connectivity index is 2.18. The van der Waals surface area contributed by atoms with Gasteiger partial charge in [0, 0.05) is 19.2 Å². The van der Waals surface area contributed by atoms with E-state index in [0.29, 0.717) is 12.5 Å². The molecule has 0 aromatic carbocycles. The van der Waals surface area contributed by atoms with Crippen molar-refractivity contribution in [1.29, 1.82) is 0 Å². The summed E-state index contributed by atoms with van der Waals surface area (Å²) in [5, 5.41) is 9.02. The maximum atomic E-state index is 9.02. The van der Waals surface area contributed by atoms with E-state index in [1.54, 1.807) is 0 Å². The molecule has 72 valence electrons. The van der Waals surface area contributed by atoms with Gasteiger partial charge in [-0.05, 0) is 32.2 Å². The van der Waals surface area contributed by atoms with E-state index in [2.05, 4.69) is 18.9 Å². The van der Waals surface area contributed by atoms with Gasteiger partial charge >= 0.3 is 0 Å². The lowest BCUT2D eigenvalue weighted by molar-refractivity contribution is 0.111. The summed E-state index contributed by atoms with van der Waals surface area (Å²) in [5.74, 6) is 0.482. The van der Waals surface area contributed by atoms with Crippen LogP contribution in [-0.4, -0.2) is 36.2 Å². The molecule has 0 aliphatic heterocycles. The first-order valence-electron chi connectivity index (χ1n) is 5.09. The molecule has 1 aliphatic carbocycles. The van der Waals surface area contributed by atoms with Crippen LogP contribution in [-0.2, 0) is 0 Å². The topological polar surface area (TPSA) is 23.5 Å². The van der Waals surface area contributed by atoms with Gasteiger partial charge in [0.15, 0.2) is 0 Å². The Morgan fingerprint density at radius 1 is 1.50 bits per heavy atom. The molecule has 2 heteroatoms. The minimum Gasteiger partial charge on any atom is -0.396 e. The molecular formula is C10H21NO. The Bertz CT molecular complexity index is 119. The molecule has 1 N–H and O–H groups in total. The predicted octanol–water partition coefficient (Wildman–Crippen LogP) is 1.49. The summed E-state index contributed by atoms with van der Waals surface area (Å²) in [6.07, 6.45) is 5.20. The highest BCUT2D eigenvalue weighted by atomic mass is 16.3. The Labute approximate surface area is 75.6 Å². The van der Waals surface area contributed by atoms with Crippen LogP contribution in [0.2, 0.25) is 0 Å². The molecule has 1 unspecified atom stereocenters. The summed E-state index contributed by atoms with van der Waals surface area (Å²) >= 11 is 0. The van der Waals surface area contributed by atoms with Gasteiger partial charge in [-0.2, -0.15) is 0 Å². The van der Waals surface area contributed by atoms with Crippen LogP contribution in [0.4, 0.5) is 0 Å². The third kappa shape index (κ3) is 2.46. The number of hydrogen-bond acceptors (Lipinski definition) is 2. The van der Waals surface area contributed by atoms with Gasteiger partial charge in [0.2, 0.25) is 0 Å². The first-order valence-corrected chi connectivity index (χ1v) is 5.09. The van der Waals surface area contributed by atoms with Crippen molar-refractivity contribution in [2.45, 2.75) is 38.6 Å². The second-order valence-electron chi connectivity index (χ2n) is 3.98. The van der Waals surface area contributed by atoms with Gasteiger partial charge in [0.05, 0.1) is 0 Å². The van der Waals surface area contributed by atoms with Crippen LogP contribution in [0.3, 0.4) is 0 Å². The summed E-state index contributed by atoms with van der Waals surface area (Å²) < 4.78 is 0. The molecule has 0 aromatic heterocycles. The third-order valence-corrected chi connectivity index (χ3v) is 3.08. The van der Waals surface area contributed by atoms with Gasteiger partial charge in [-0.1, -0.05) is 13.3 Å². The molecule has 0 heterocycles. The van der Waals surface area contributed by atoms with Crippen molar-refractivity contribution in [3.8, 4) is 0 Å². The normalized spacial score (nSPS) is 21.0. The van der Waals surface area contributed by atoms with Crippen molar-refractivity contribution in [3.05, 3.63) is 0 Å². The second kappa shape index (κ2) is 4.83. The van der Waals surface area contributed by atoms with Crippen molar-refractivity contribution in [2.75, 3.05) is 20.2 Å². The summed E-state index contributed by atoms with van der Waals surface area (Å²) in [6.45, 7) is 3.56. The lowest BCUT2D eigenvalue weighted by atomic mass is 9.91. The SMILES string of the molecule is CCC(CO)CN(C)C1CCC1. The molecule has 2 nitrogen and oxygen atoms in total. The summed E-state index contributed by atoms with van der Waals surface area (Å²) in [5.41, 5.74) is 0. The molecule has 0 radical (unpaired) electrons. The summed E-state index contributed by atoms with van der Waals surface area (Å²) in [7, 11) is 2.18. The quantitative estimate of drug-likeness (QED) is 0.677. The Hall–Kier alpha value is -0.0800. The number of aliphatic hydroxyl groups is 1. The van der Waals surface area contributed by atoms with E-state index < -0.39 is 0 Å². The number of rotatable bonds is 5. The largest absolute Gasteiger partial charge is 0.396 e. The average Bonchev–Trinajstić information content (AvgIpc) is 1.96. The third-order valence-electron chi connectivity index (χ3n) is 3.08. The fraction of sp³-hybridized carbons (Fsp3) is 1.00. The zero-order valence-electron chi connectivity index (χ0n) is 8.29. The van der Waals surface area contributed by atoms with E-state index in [0.717, 1.165) is 19.0 Å². The van der Waals surface area contributed by atoms with Crippen molar-refractivity contribution in [2.24, 2.45) is 5.92 Å². The Morgan fingerprint density at radius 3 is 2.50 bits per heavy atom. The van der Waals surface area contributed by atoms with Gasteiger partial charge in [0.25, 0.3) is 0 Å². The van der Waals surface area contributed by atoms with Gasteiger partial charge < -0.3 is 10.0 Å². The Morgan fingerprint density at radius 2 is 2.17 bits per heavy atom. The molecule has 1 aliphatic rings. The highest BCUT2D eigenvalue weighted by Crippen LogP contribution is 2.24. The van der Waals surface area contributed by atoms with Crippen LogP contribution in [0.25, 0.3) is 0 Å².